The number of halogens is 1. The van der Waals surface area contributed by atoms with Gasteiger partial charge in [0.05, 0.1) is 5.52 Å². The summed E-state index contributed by atoms with van der Waals surface area (Å²) in [7, 11) is 4.14. The van der Waals surface area contributed by atoms with Gasteiger partial charge in [-0.3, -0.25) is 4.79 Å². The van der Waals surface area contributed by atoms with Gasteiger partial charge in [-0.25, -0.2) is 4.98 Å². The standard InChI is InChI=1S/C26H31BrN4O/c1-17-14-19(10-13-22(17)27)26(32)28-16-18-8-11-20(12-9-18)29-25-15-24(31(2)3)21-6-4-5-7-23(21)30-25/h4-7,10,13-15,18,20H,8-9,11-12,16H2,1-3H3,(H,28,32)(H,29,30). The number of para-hydroxylation sites is 1. The smallest absolute Gasteiger partial charge is 0.251 e. The van der Waals surface area contributed by atoms with Crippen LogP contribution in [0.5, 0.6) is 0 Å². The van der Waals surface area contributed by atoms with Crippen molar-refractivity contribution in [3.05, 3.63) is 64.1 Å². The van der Waals surface area contributed by atoms with Crippen molar-refractivity contribution in [2.45, 2.75) is 38.6 Å². The predicted molar refractivity (Wildman–Crippen MR) is 137 cm³/mol. The van der Waals surface area contributed by atoms with Crippen molar-refractivity contribution in [3.63, 3.8) is 0 Å². The van der Waals surface area contributed by atoms with Gasteiger partial charge in [-0.05, 0) is 68.4 Å². The number of hydrogen-bond donors (Lipinski definition) is 2. The Bertz CT molecular complexity index is 1110. The molecule has 5 nitrogen and oxygen atoms in total. The maximum atomic E-state index is 12.5. The first-order valence-electron chi connectivity index (χ1n) is 11.3. The second-order valence-electron chi connectivity index (χ2n) is 8.97. The van der Waals surface area contributed by atoms with Crippen molar-refractivity contribution < 1.29 is 4.79 Å². The molecule has 0 bridgehead atoms. The van der Waals surface area contributed by atoms with Gasteiger partial charge in [0, 0.05) is 53.9 Å². The monoisotopic (exact) mass is 494 g/mol. The number of rotatable bonds is 6. The SMILES string of the molecule is Cc1cc(C(=O)NCC2CCC(Nc3cc(N(C)C)c4ccccc4n3)CC2)ccc1Br. The number of nitrogens with one attached hydrogen (secondary N) is 2. The van der Waals surface area contributed by atoms with Crippen LogP contribution in [0.15, 0.2) is 53.0 Å². The average molecular weight is 495 g/mol. The highest BCUT2D eigenvalue weighted by molar-refractivity contribution is 9.10. The zero-order valence-corrected chi connectivity index (χ0v) is 20.6. The molecule has 1 aromatic heterocycles. The van der Waals surface area contributed by atoms with Crippen LogP contribution in [0.3, 0.4) is 0 Å². The Balaban J connectivity index is 1.31. The van der Waals surface area contributed by atoms with Gasteiger partial charge >= 0.3 is 0 Å². The molecule has 0 unspecified atom stereocenters. The van der Waals surface area contributed by atoms with E-state index >= 15 is 0 Å². The second-order valence-corrected chi connectivity index (χ2v) is 9.83. The fraction of sp³-hybridized carbons (Fsp3) is 0.385. The van der Waals surface area contributed by atoms with Crippen molar-refractivity contribution >= 4 is 44.2 Å². The van der Waals surface area contributed by atoms with Gasteiger partial charge in [0.15, 0.2) is 0 Å². The first-order valence-corrected chi connectivity index (χ1v) is 12.1. The molecule has 32 heavy (non-hydrogen) atoms. The Morgan fingerprint density at radius 2 is 1.84 bits per heavy atom. The number of amides is 1. The molecule has 1 amide bonds. The van der Waals surface area contributed by atoms with Gasteiger partial charge in [0.25, 0.3) is 5.91 Å². The Morgan fingerprint density at radius 3 is 2.56 bits per heavy atom. The van der Waals surface area contributed by atoms with E-state index in [4.69, 9.17) is 4.98 Å². The summed E-state index contributed by atoms with van der Waals surface area (Å²) in [4.78, 5) is 19.5. The molecule has 1 aliphatic rings. The molecule has 0 saturated heterocycles. The van der Waals surface area contributed by atoms with Crippen molar-refractivity contribution in [1.29, 1.82) is 0 Å². The first kappa shape index (κ1) is 22.6. The minimum atomic E-state index is 0.0115. The van der Waals surface area contributed by atoms with Crippen molar-refractivity contribution in [3.8, 4) is 0 Å². The lowest BCUT2D eigenvalue weighted by Gasteiger charge is -2.30. The summed E-state index contributed by atoms with van der Waals surface area (Å²) < 4.78 is 1.03. The van der Waals surface area contributed by atoms with Crippen LogP contribution in [-0.4, -0.2) is 37.6 Å². The van der Waals surface area contributed by atoms with Gasteiger partial charge in [0.2, 0.25) is 0 Å². The van der Waals surface area contributed by atoms with Gasteiger partial charge in [-0.1, -0.05) is 34.1 Å². The highest BCUT2D eigenvalue weighted by Crippen LogP contribution is 2.30. The largest absolute Gasteiger partial charge is 0.377 e. The van der Waals surface area contributed by atoms with E-state index in [0.29, 0.717) is 12.0 Å². The molecular formula is C26H31BrN4O. The molecule has 168 valence electrons. The molecule has 0 spiro atoms. The average Bonchev–Trinajstić information content (AvgIpc) is 2.79. The number of carbonyl (C=O) groups is 1. The number of pyridine rings is 1. The number of nitrogens with zero attached hydrogens (tertiary/aromatic N) is 2. The van der Waals surface area contributed by atoms with E-state index in [0.717, 1.165) is 59.2 Å². The number of aromatic nitrogens is 1. The molecule has 1 aliphatic carbocycles. The van der Waals surface area contributed by atoms with Crippen molar-refractivity contribution in [1.82, 2.24) is 10.3 Å². The normalized spacial score (nSPS) is 18.4. The van der Waals surface area contributed by atoms with Crippen LogP contribution < -0.4 is 15.5 Å². The van der Waals surface area contributed by atoms with E-state index in [1.807, 2.05) is 31.2 Å². The Kier molecular flexibility index (Phi) is 6.99. The van der Waals surface area contributed by atoms with Crippen LogP contribution >= 0.6 is 15.9 Å². The van der Waals surface area contributed by atoms with Crippen LogP contribution in [-0.2, 0) is 0 Å². The lowest BCUT2D eigenvalue weighted by atomic mass is 9.86. The van der Waals surface area contributed by atoms with E-state index in [1.54, 1.807) is 0 Å². The van der Waals surface area contributed by atoms with E-state index < -0.39 is 0 Å². The molecule has 2 aromatic carbocycles. The molecule has 0 radical (unpaired) electrons. The number of fused-ring (bicyclic) bond motifs is 1. The molecule has 1 heterocycles. The quantitative estimate of drug-likeness (QED) is 0.456. The summed E-state index contributed by atoms with van der Waals surface area (Å²) in [5.41, 5.74) is 3.99. The fourth-order valence-electron chi connectivity index (χ4n) is 4.45. The van der Waals surface area contributed by atoms with Gasteiger partial charge in [-0.15, -0.1) is 0 Å². The lowest BCUT2D eigenvalue weighted by Crippen LogP contribution is -2.34. The predicted octanol–water partition coefficient (Wildman–Crippen LogP) is 5.77. The topological polar surface area (TPSA) is 57.3 Å². The zero-order chi connectivity index (χ0) is 22.7. The lowest BCUT2D eigenvalue weighted by molar-refractivity contribution is 0.0943. The molecule has 1 fully saturated rings. The van der Waals surface area contributed by atoms with Crippen molar-refractivity contribution in [2.75, 3.05) is 30.9 Å². The number of anilines is 2. The molecule has 2 N–H and O–H groups in total. The molecule has 1 saturated carbocycles. The van der Waals surface area contributed by atoms with Gasteiger partial charge in [0.1, 0.15) is 5.82 Å². The third kappa shape index (κ3) is 5.23. The van der Waals surface area contributed by atoms with Crippen LogP contribution in [0.1, 0.15) is 41.6 Å². The number of aryl methyl sites for hydroxylation is 1. The molecule has 0 atom stereocenters. The summed E-state index contributed by atoms with van der Waals surface area (Å²) in [5.74, 6) is 1.47. The zero-order valence-electron chi connectivity index (χ0n) is 19.0. The van der Waals surface area contributed by atoms with E-state index in [9.17, 15) is 4.79 Å². The van der Waals surface area contributed by atoms with Crippen LogP contribution in [0, 0.1) is 12.8 Å². The highest BCUT2D eigenvalue weighted by Gasteiger charge is 2.22. The summed E-state index contributed by atoms with van der Waals surface area (Å²) in [5, 5.41) is 7.96. The molecule has 0 aliphatic heterocycles. The van der Waals surface area contributed by atoms with Gasteiger partial charge < -0.3 is 15.5 Å². The molecule has 6 heteroatoms. The van der Waals surface area contributed by atoms with Crippen molar-refractivity contribution in [2.24, 2.45) is 5.92 Å². The number of carbonyl (C=O) groups excluding carboxylic acids is 1. The minimum absolute atomic E-state index is 0.0115. The Labute approximate surface area is 198 Å². The first-order chi connectivity index (χ1) is 15.4. The summed E-state index contributed by atoms with van der Waals surface area (Å²) in [6, 6.07) is 16.6. The maximum absolute atomic E-state index is 12.5. The van der Waals surface area contributed by atoms with E-state index in [-0.39, 0.29) is 5.91 Å². The molecule has 3 aromatic rings. The van der Waals surface area contributed by atoms with Crippen LogP contribution in [0.4, 0.5) is 11.5 Å². The Morgan fingerprint density at radius 1 is 1.09 bits per heavy atom. The third-order valence-corrected chi connectivity index (χ3v) is 7.24. The Hall–Kier alpha value is -2.60. The maximum Gasteiger partial charge on any atom is 0.251 e. The van der Waals surface area contributed by atoms with Crippen LogP contribution in [0.2, 0.25) is 0 Å². The van der Waals surface area contributed by atoms with E-state index in [2.05, 4.69) is 69.8 Å². The number of hydrogen-bond acceptors (Lipinski definition) is 4. The van der Waals surface area contributed by atoms with Gasteiger partial charge in [-0.2, -0.15) is 0 Å². The summed E-state index contributed by atoms with van der Waals surface area (Å²) >= 11 is 3.49. The minimum Gasteiger partial charge on any atom is -0.377 e. The highest BCUT2D eigenvalue weighted by atomic mass is 79.9. The summed E-state index contributed by atoms with van der Waals surface area (Å²) in [6.07, 6.45) is 4.38. The van der Waals surface area contributed by atoms with Crippen LogP contribution in [0.25, 0.3) is 10.9 Å². The van der Waals surface area contributed by atoms with E-state index in [1.165, 1.54) is 11.1 Å². The molecule has 4 rings (SSSR count). The fourth-order valence-corrected chi connectivity index (χ4v) is 4.69. The summed E-state index contributed by atoms with van der Waals surface area (Å²) in [6.45, 7) is 2.74. The number of benzene rings is 2. The third-order valence-electron chi connectivity index (χ3n) is 6.35. The molecular weight excluding hydrogens is 464 g/mol. The second kappa shape index (κ2) is 9.90.